The number of hydrogen-bond donors (Lipinski definition) is 1. The SMILES string of the molecule is O=[N+]([O-])c1cnc(Br)n1CCO. The molecule has 0 aromatic carbocycles. The van der Waals surface area contributed by atoms with Gasteiger partial charge in [-0.1, -0.05) is 0 Å². The number of halogens is 1. The van der Waals surface area contributed by atoms with Crippen LogP contribution in [0.3, 0.4) is 0 Å². The van der Waals surface area contributed by atoms with Crippen molar-refractivity contribution < 1.29 is 10.0 Å². The van der Waals surface area contributed by atoms with Crippen molar-refractivity contribution in [3.8, 4) is 0 Å². The first-order valence-electron chi connectivity index (χ1n) is 3.13. The van der Waals surface area contributed by atoms with Gasteiger partial charge in [0.05, 0.1) is 6.61 Å². The molecule has 6 nitrogen and oxygen atoms in total. The second-order valence-electron chi connectivity index (χ2n) is 2.02. The van der Waals surface area contributed by atoms with Gasteiger partial charge in [-0.3, -0.25) is 0 Å². The Morgan fingerprint density at radius 1 is 1.83 bits per heavy atom. The highest BCUT2D eigenvalue weighted by atomic mass is 79.9. The molecule has 1 heterocycles. The maximum atomic E-state index is 10.4. The Morgan fingerprint density at radius 3 is 3.00 bits per heavy atom. The van der Waals surface area contributed by atoms with Crippen molar-refractivity contribution in [1.82, 2.24) is 9.55 Å². The molecule has 0 aliphatic carbocycles. The number of aromatic nitrogens is 2. The molecule has 0 atom stereocenters. The van der Waals surface area contributed by atoms with E-state index in [1.165, 1.54) is 4.57 Å². The van der Waals surface area contributed by atoms with Crippen LogP contribution in [0.2, 0.25) is 0 Å². The van der Waals surface area contributed by atoms with Gasteiger partial charge in [0.2, 0.25) is 0 Å². The largest absolute Gasteiger partial charge is 0.392 e. The molecular weight excluding hydrogens is 230 g/mol. The van der Waals surface area contributed by atoms with Crippen LogP contribution in [-0.2, 0) is 6.54 Å². The summed E-state index contributed by atoms with van der Waals surface area (Å²) in [6.45, 7) is 0.00664. The summed E-state index contributed by atoms with van der Waals surface area (Å²) >= 11 is 3.02. The van der Waals surface area contributed by atoms with Crippen LogP contribution in [0.15, 0.2) is 10.9 Å². The van der Waals surface area contributed by atoms with Crippen LogP contribution in [0, 0.1) is 10.1 Å². The monoisotopic (exact) mass is 235 g/mol. The molecule has 0 radical (unpaired) electrons. The summed E-state index contributed by atoms with van der Waals surface area (Å²) in [6, 6.07) is 0. The molecule has 1 N–H and O–H groups in total. The topological polar surface area (TPSA) is 81.2 Å². The van der Waals surface area contributed by atoms with Crippen molar-refractivity contribution in [3.63, 3.8) is 0 Å². The van der Waals surface area contributed by atoms with Gasteiger partial charge in [-0.25, -0.2) is 4.98 Å². The molecule has 0 saturated heterocycles. The fourth-order valence-corrected chi connectivity index (χ4v) is 1.26. The van der Waals surface area contributed by atoms with Crippen LogP contribution in [-0.4, -0.2) is 26.2 Å². The molecule has 1 aromatic heterocycles. The van der Waals surface area contributed by atoms with Gasteiger partial charge in [0, 0.05) is 15.9 Å². The lowest BCUT2D eigenvalue weighted by molar-refractivity contribution is -0.392. The van der Waals surface area contributed by atoms with Crippen molar-refractivity contribution in [1.29, 1.82) is 0 Å². The van der Waals surface area contributed by atoms with Gasteiger partial charge in [0.1, 0.15) is 12.7 Å². The number of aliphatic hydroxyl groups is 1. The minimum absolute atomic E-state index is 0.129. The van der Waals surface area contributed by atoms with Gasteiger partial charge in [0.15, 0.2) is 0 Å². The zero-order valence-corrected chi connectivity index (χ0v) is 7.56. The van der Waals surface area contributed by atoms with E-state index in [9.17, 15) is 10.1 Å². The molecule has 12 heavy (non-hydrogen) atoms. The number of imidazole rings is 1. The number of aliphatic hydroxyl groups excluding tert-OH is 1. The predicted molar refractivity (Wildman–Crippen MR) is 43.7 cm³/mol. The summed E-state index contributed by atoms with van der Waals surface area (Å²) in [7, 11) is 0. The Labute approximate surface area is 76.1 Å². The highest BCUT2D eigenvalue weighted by molar-refractivity contribution is 9.10. The van der Waals surface area contributed by atoms with Crippen LogP contribution in [0.5, 0.6) is 0 Å². The van der Waals surface area contributed by atoms with Gasteiger partial charge in [-0.15, -0.1) is 0 Å². The summed E-state index contributed by atoms with van der Waals surface area (Å²) in [5.74, 6) is -0.129. The van der Waals surface area contributed by atoms with Crippen molar-refractivity contribution >= 4 is 21.7 Å². The molecule has 0 aliphatic rings. The van der Waals surface area contributed by atoms with E-state index in [1.54, 1.807) is 0 Å². The van der Waals surface area contributed by atoms with Gasteiger partial charge < -0.3 is 15.2 Å². The average Bonchev–Trinajstić information content (AvgIpc) is 2.34. The number of nitrogens with zero attached hydrogens (tertiary/aromatic N) is 3. The van der Waals surface area contributed by atoms with Crippen LogP contribution in [0.4, 0.5) is 5.82 Å². The van der Waals surface area contributed by atoms with E-state index in [0.29, 0.717) is 4.73 Å². The highest BCUT2D eigenvalue weighted by Gasteiger charge is 2.16. The summed E-state index contributed by atoms with van der Waals surface area (Å²) in [5.41, 5.74) is 0. The third-order valence-electron chi connectivity index (χ3n) is 1.30. The summed E-state index contributed by atoms with van der Waals surface area (Å²) in [4.78, 5) is 13.5. The van der Waals surface area contributed by atoms with E-state index in [-0.39, 0.29) is 19.0 Å². The number of nitro groups is 1. The van der Waals surface area contributed by atoms with E-state index in [2.05, 4.69) is 20.9 Å². The summed E-state index contributed by atoms with van der Waals surface area (Å²) < 4.78 is 1.63. The first kappa shape index (κ1) is 9.14. The van der Waals surface area contributed by atoms with Crippen molar-refractivity contribution in [2.75, 3.05) is 6.61 Å². The van der Waals surface area contributed by atoms with E-state index in [1.807, 2.05) is 0 Å². The predicted octanol–water partition coefficient (Wildman–Crippen LogP) is 0.546. The molecular formula is C5H6BrN3O3. The van der Waals surface area contributed by atoms with Crippen molar-refractivity contribution in [2.45, 2.75) is 6.54 Å². The minimum Gasteiger partial charge on any atom is -0.392 e. The molecule has 66 valence electrons. The first-order valence-corrected chi connectivity index (χ1v) is 3.92. The molecule has 0 saturated carbocycles. The van der Waals surface area contributed by atoms with Crippen LogP contribution in [0.25, 0.3) is 0 Å². The molecule has 0 bridgehead atoms. The standard InChI is InChI=1S/C5H6BrN3O3/c6-5-7-3-4(9(11)12)8(5)1-2-10/h3,10H,1-2H2. The lowest BCUT2D eigenvalue weighted by Gasteiger charge is -1.97. The molecule has 0 unspecified atom stereocenters. The van der Waals surface area contributed by atoms with Crippen molar-refractivity contribution in [2.24, 2.45) is 0 Å². The molecule has 0 amide bonds. The zero-order valence-electron chi connectivity index (χ0n) is 5.97. The fourth-order valence-electron chi connectivity index (χ4n) is 0.797. The molecule has 1 aromatic rings. The maximum Gasteiger partial charge on any atom is 0.343 e. The lowest BCUT2D eigenvalue weighted by Crippen LogP contribution is -2.06. The Morgan fingerprint density at radius 2 is 2.50 bits per heavy atom. The average molecular weight is 236 g/mol. The quantitative estimate of drug-likeness (QED) is 0.613. The molecule has 0 aliphatic heterocycles. The van der Waals surface area contributed by atoms with Crippen LogP contribution in [0.1, 0.15) is 0 Å². The zero-order chi connectivity index (χ0) is 9.14. The Bertz CT molecular complexity index is 298. The Balaban J connectivity index is 3.03. The highest BCUT2D eigenvalue weighted by Crippen LogP contribution is 2.17. The smallest absolute Gasteiger partial charge is 0.343 e. The molecule has 7 heteroatoms. The number of rotatable bonds is 3. The van der Waals surface area contributed by atoms with Crippen LogP contribution >= 0.6 is 15.9 Å². The van der Waals surface area contributed by atoms with Gasteiger partial charge >= 0.3 is 5.82 Å². The summed E-state index contributed by atoms with van der Waals surface area (Å²) in [5, 5.41) is 18.9. The minimum atomic E-state index is -0.548. The second kappa shape index (κ2) is 3.63. The maximum absolute atomic E-state index is 10.4. The normalized spacial score (nSPS) is 10.2. The van der Waals surface area contributed by atoms with E-state index < -0.39 is 4.92 Å². The van der Waals surface area contributed by atoms with E-state index in [4.69, 9.17) is 5.11 Å². The third kappa shape index (κ3) is 1.62. The van der Waals surface area contributed by atoms with Crippen LogP contribution < -0.4 is 0 Å². The number of hydrogen-bond acceptors (Lipinski definition) is 4. The Hall–Kier alpha value is -0.950. The molecule has 0 fully saturated rings. The Kier molecular flexibility index (Phi) is 2.77. The van der Waals surface area contributed by atoms with E-state index in [0.717, 1.165) is 6.20 Å². The molecule has 1 rings (SSSR count). The van der Waals surface area contributed by atoms with E-state index >= 15 is 0 Å². The first-order chi connectivity index (χ1) is 5.66. The summed E-state index contributed by atoms with van der Waals surface area (Å²) in [6.07, 6.45) is 1.14. The third-order valence-corrected chi connectivity index (χ3v) is 1.93. The lowest BCUT2D eigenvalue weighted by atomic mass is 10.6. The van der Waals surface area contributed by atoms with Gasteiger partial charge in [-0.2, -0.15) is 4.57 Å². The molecule has 0 spiro atoms. The van der Waals surface area contributed by atoms with Crippen molar-refractivity contribution in [3.05, 3.63) is 21.0 Å². The fraction of sp³-hybridized carbons (Fsp3) is 0.400. The van der Waals surface area contributed by atoms with Gasteiger partial charge in [0.25, 0.3) is 4.73 Å². The second-order valence-corrected chi connectivity index (χ2v) is 2.73. The van der Waals surface area contributed by atoms with Gasteiger partial charge in [-0.05, 0) is 4.92 Å².